The fraction of sp³-hybridized carbons (Fsp3) is 0.333. The average Bonchev–Trinajstić information content (AvgIpc) is 2.90. The van der Waals surface area contributed by atoms with Gasteiger partial charge >= 0.3 is 0 Å². The molecule has 0 heterocycles. The molecule has 0 aromatic heterocycles. The lowest BCUT2D eigenvalue weighted by Gasteiger charge is -2.33. The van der Waals surface area contributed by atoms with Crippen molar-refractivity contribution in [3.8, 4) is 5.75 Å². The van der Waals surface area contributed by atoms with Crippen molar-refractivity contribution in [3.05, 3.63) is 88.9 Å². The van der Waals surface area contributed by atoms with Crippen LogP contribution in [0.1, 0.15) is 38.8 Å². The summed E-state index contributed by atoms with van der Waals surface area (Å²) < 4.78 is 34.0. The van der Waals surface area contributed by atoms with E-state index in [2.05, 4.69) is 5.32 Å². The summed E-state index contributed by atoms with van der Waals surface area (Å²) in [6.45, 7) is 8.48. The van der Waals surface area contributed by atoms with Gasteiger partial charge in [-0.2, -0.15) is 0 Å². The minimum absolute atomic E-state index is 0.0122. The Kier molecular flexibility index (Phi) is 9.87. The van der Waals surface area contributed by atoms with Gasteiger partial charge < -0.3 is 15.0 Å². The van der Waals surface area contributed by atoms with Crippen molar-refractivity contribution < 1.29 is 22.7 Å². The molecule has 40 heavy (non-hydrogen) atoms. The fourth-order valence-corrected chi connectivity index (χ4v) is 5.59. The van der Waals surface area contributed by atoms with Gasteiger partial charge in [-0.1, -0.05) is 47.5 Å². The van der Waals surface area contributed by atoms with Crippen LogP contribution in [0.4, 0.5) is 5.69 Å². The Labute approximate surface area is 241 Å². The Bertz CT molecular complexity index is 1440. The third-order valence-corrected chi connectivity index (χ3v) is 8.37. The van der Waals surface area contributed by atoms with Crippen molar-refractivity contribution in [1.29, 1.82) is 0 Å². The van der Waals surface area contributed by atoms with Crippen LogP contribution in [-0.4, -0.2) is 50.4 Å². The van der Waals surface area contributed by atoms with Gasteiger partial charge in [-0.3, -0.25) is 13.9 Å². The monoisotopic (exact) mass is 585 g/mol. The molecule has 10 heteroatoms. The first-order chi connectivity index (χ1) is 18.7. The zero-order chi connectivity index (χ0) is 29.7. The molecular weight excluding hydrogens is 550 g/mol. The maximum Gasteiger partial charge on any atom is 0.264 e. The molecule has 3 aromatic carbocycles. The summed E-state index contributed by atoms with van der Waals surface area (Å²) in [5.74, 6) is -0.399. The van der Waals surface area contributed by atoms with Crippen molar-refractivity contribution in [2.75, 3.05) is 18.0 Å². The van der Waals surface area contributed by atoms with Gasteiger partial charge in [-0.15, -0.1) is 0 Å². The Hall–Kier alpha value is -3.56. The molecule has 0 fully saturated rings. The highest BCUT2D eigenvalue weighted by Crippen LogP contribution is 2.27. The molecule has 3 rings (SSSR count). The van der Waals surface area contributed by atoms with Gasteiger partial charge in [-0.05, 0) is 82.6 Å². The molecule has 0 aliphatic rings. The number of rotatable bonds is 10. The number of nitrogens with one attached hydrogen (secondary N) is 1. The van der Waals surface area contributed by atoms with Crippen molar-refractivity contribution >= 4 is 39.1 Å². The number of hydrogen-bond acceptors (Lipinski definition) is 5. The molecule has 1 N–H and O–H groups in total. The van der Waals surface area contributed by atoms with Crippen molar-refractivity contribution in [2.24, 2.45) is 0 Å². The maximum atomic E-state index is 14.0. The number of carbonyl (C=O) groups is 2. The lowest BCUT2D eigenvalue weighted by atomic mass is 10.1. The second-order valence-corrected chi connectivity index (χ2v) is 12.8. The van der Waals surface area contributed by atoms with Crippen molar-refractivity contribution in [1.82, 2.24) is 10.2 Å². The lowest BCUT2D eigenvalue weighted by Crippen LogP contribution is -2.54. The Morgan fingerprint density at radius 3 is 2.12 bits per heavy atom. The van der Waals surface area contributed by atoms with Crippen LogP contribution in [-0.2, 0) is 26.2 Å². The van der Waals surface area contributed by atoms with E-state index in [4.69, 9.17) is 16.3 Å². The highest BCUT2D eigenvalue weighted by Gasteiger charge is 2.33. The molecule has 0 unspecified atom stereocenters. The molecule has 0 saturated heterocycles. The molecule has 0 aliphatic carbocycles. The van der Waals surface area contributed by atoms with E-state index in [1.165, 1.54) is 24.1 Å². The second-order valence-electron chi connectivity index (χ2n) is 10.6. The normalized spacial score (nSPS) is 12.4. The summed E-state index contributed by atoms with van der Waals surface area (Å²) in [4.78, 5) is 28.5. The van der Waals surface area contributed by atoms with Crippen LogP contribution in [0.15, 0.2) is 77.7 Å². The molecule has 214 valence electrons. The predicted octanol–water partition coefficient (Wildman–Crippen LogP) is 5.18. The molecule has 8 nitrogen and oxygen atoms in total. The van der Waals surface area contributed by atoms with Gasteiger partial charge in [0, 0.05) is 17.1 Å². The minimum Gasteiger partial charge on any atom is -0.497 e. The lowest BCUT2D eigenvalue weighted by molar-refractivity contribution is -0.140. The summed E-state index contributed by atoms with van der Waals surface area (Å²) in [7, 11) is -2.65. The van der Waals surface area contributed by atoms with Crippen LogP contribution in [0, 0.1) is 6.92 Å². The van der Waals surface area contributed by atoms with E-state index >= 15 is 0 Å². The maximum absolute atomic E-state index is 14.0. The number of anilines is 1. The van der Waals surface area contributed by atoms with E-state index in [1.807, 2.05) is 27.7 Å². The number of nitrogens with zero attached hydrogens (tertiary/aromatic N) is 2. The smallest absolute Gasteiger partial charge is 0.264 e. The predicted molar refractivity (Wildman–Crippen MR) is 158 cm³/mol. The summed E-state index contributed by atoms with van der Waals surface area (Å²) in [6, 6.07) is 18.9. The minimum atomic E-state index is -4.16. The molecule has 2 amide bonds. The number of sulfonamides is 1. The number of benzene rings is 3. The number of hydrogen-bond donors (Lipinski definition) is 1. The van der Waals surface area contributed by atoms with E-state index in [0.717, 1.165) is 9.87 Å². The summed E-state index contributed by atoms with van der Waals surface area (Å²) in [6.07, 6.45) is 0. The number of aryl methyl sites for hydroxylation is 1. The van der Waals surface area contributed by atoms with Crippen LogP contribution in [0.3, 0.4) is 0 Å². The summed E-state index contributed by atoms with van der Waals surface area (Å²) >= 11 is 6.40. The molecule has 0 saturated carbocycles. The van der Waals surface area contributed by atoms with Gasteiger partial charge in [0.15, 0.2) is 0 Å². The first-order valence-corrected chi connectivity index (χ1v) is 14.6. The average molecular weight is 586 g/mol. The van der Waals surface area contributed by atoms with Crippen LogP contribution in [0.5, 0.6) is 5.75 Å². The SMILES string of the molecule is COc1ccc(N(CC(=O)N(Cc2ccccc2Cl)[C@H](C)C(=O)NC(C)(C)C)S(=O)(=O)c2ccc(C)cc2)cc1. The first-order valence-electron chi connectivity index (χ1n) is 12.8. The summed E-state index contributed by atoms with van der Waals surface area (Å²) in [5, 5.41) is 3.34. The van der Waals surface area contributed by atoms with Crippen LogP contribution >= 0.6 is 11.6 Å². The Morgan fingerprint density at radius 2 is 1.57 bits per heavy atom. The zero-order valence-corrected chi connectivity index (χ0v) is 25.2. The third-order valence-electron chi connectivity index (χ3n) is 6.21. The number of methoxy groups -OCH3 is 1. The fourth-order valence-electron chi connectivity index (χ4n) is 3.98. The molecule has 0 aliphatic heterocycles. The highest BCUT2D eigenvalue weighted by molar-refractivity contribution is 7.92. The Balaban J connectivity index is 2.05. The largest absolute Gasteiger partial charge is 0.497 e. The highest BCUT2D eigenvalue weighted by atomic mass is 35.5. The van der Waals surface area contributed by atoms with Gasteiger partial charge in [0.05, 0.1) is 17.7 Å². The zero-order valence-electron chi connectivity index (χ0n) is 23.6. The molecule has 0 radical (unpaired) electrons. The summed E-state index contributed by atoms with van der Waals surface area (Å²) in [5.41, 5.74) is 1.27. The van der Waals surface area contributed by atoms with Crippen molar-refractivity contribution in [3.63, 3.8) is 0 Å². The second kappa shape index (κ2) is 12.7. The number of carbonyl (C=O) groups excluding carboxylic acids is 2. The van der Waals surface area contributed by atoms with E-state index < -0.39 is 34.1 Å². The van der Waals surface area contributed by atoms with E-state index in [0.29, 0.717) is 16.3 Å². The van der Waals surface area contributed by atoms with Crippen LogP contribution in [0.25, 0.3) is 0 Å². The standard InChI is InChI=1S/C30H36ClN3O5S/c1-21-11-17-26(18-12-21)40(37,38)34(24-13-15-25(39-6)16-14-24)20-28(35)33(19-23-9-7-8-10-27(23)31)22(2)29(36)32-30(3,4)5/h7-18,22H,19-20H2,1-6H3,(H,32,36)/t22-/m1/s1. The first kappa shape index (κ1) is 31.0. The molecular formula is C30H36ClN3O5S. The van der Waals surface area contributed by atoms with Gasteiger partial charge in [0.1, 0.15) is 18.3 Å². The van der Waals surface area contributed by atoms with E-state index in [9.17, 15) is 18.0 Å². The molecule has 0 spiro atoms. The molecule has 1 atom stereocenters. The number of ether oxygens (including phenoxy) is 1. The van der Waals surface area contributed by atoms with E-state index in [1.54, 1.807) is 67.6 Å². The van der Waals surface area contributed by atoms with Gasteiger partial charge in [0.2, 0.25) is 11.8 Å². The van der Waals surface area contributed by atoms with E-state index in [-0.39, 0.29) is 23.0 Å². The van der Waals surface area contributed by atoms with Crippen LogP contribution < -0.4 is 14.4 Å². The van der Waals surface area contributed by atoms with Gasteiger partial charge in [-0.25, -0.2) is 8.42 Å². The molecule has 3 aromatic rings. The van der Waals surface area contributed by atoms with Gasteiger partial charge in [0.25, 0.3) is 10.0 Å². The number of amides is 2. The van der Waals surface area contributed by atoms with Crippen LogP contribution in [0.2, 0.25) is 5.02 Å². The van der Waals surface area contributed by atoms with Crippen molar-refractivity contribution in [2.45, 2.75) is 57.6 Å². The Morgan fingerprint density at radius 1 is 0.975 bits per heavy atom. The topological polar surface area (TPSA) is 96.0 Å². The molecule has 0 bridgehead atoms. The number of halogens is 1. The quantitative estimate of drug-likeness (QED) is 0.353. The third kappa shape index (κ3) is 7.76.